The Morgan fingerprint density at radius 1 is 1.15 bits per heavy atom. The van der Waals surface area contributed by atoms with Crippen molar-refractivity contribution in [1.29, 1.82) is 0 Å². The Morgan fingerprint density at radius 3 is 2.82 bits per heavy atom. The van der Waals surface area contributed by atoms with E-state index in [1.165, 1.54) is 6.33 Å². The van der Waals surface area contributed by atoms with Crippen molar-refractivity contribution in [2.75, 3.05) is 50.4 Å². The van der Waals surface area contributed by atoms with E-state index in [1.807, 2.05) is 18.2 Å². The van der Waals surface area contributed by atoms with Gasteiger partial charge in [0.25, 0.3) is 0 Å². The lowest BCUT2D eigenvalue weighted by atomic mass is 9.93. The van der Waals surface area contributed by atoms with Gasteiger partial charge in [-0.3, -0.25) is 0 Å². The molecule has 0 amide bonds. The molecule has 0 unspecified atom stereocenters. The van der Waals surface area contributed by atoms with Crippen LogP contribution in [-0.4, -0.2) is 76.9 Å². The lowest BCUT2D eigenvalue weighted by molar-refractivity contribution is 0.0513. The average molecular weight is 456 g/mol. The molecule has 1 saturated heterocycles. The molecule has 176 valence electrons. The summed E-state index contributed by atoms with van der Waals surface area (Å²) in [5.41, 5.74) is 0.732. The Morgan fingerprint density at radius 2 is 2.00 bits per heavy atom. The number of pyridine rings is 1. The van der Waals surface area contributed by atoms with Crippen molar-refractivity contribution in [2.24, 2.45) is 0 Å². The average Bonchev–Trinajstić information content (AvgIpc) is 3.34. The van der Waals surface area contributed by atoms with E-state index in [1.54, 1.807) is 17.8 Å². The van der Waals surface area contributed by atoms with Gasteiger partial charge < -0.3 is 29.2 Å². The molecular formula is C22H29N7O4. The Hall–Kier alpha value is -3.18. The van der Waals surface area contributed by atoms with Crippen LogP contribution in [0.25, 0.3) is 5.65 Å². The number of aromatic nitrogens is 5. The van der Waals surface area contributed by atoms with Crippen LogP contribution in [0.5, 0.6) is 11.8 Å². The monoisotopic (exact) mass is 455 g/mol. The molecule has 3 aromatic heterocycles. The van der Waals surface area contributed by atoms with Gasteiger partial charge in [0.1, 0.15) is 18.2 Å². The van der Waals surface area contributed by atoms with Gasteiger partial charge in [0.2, 0.25) is 0 Å². The third kappa shape index (κ3) is 5.09. The zero-order chi connectivity index (χ0) is 22.5. The topological polar surface area (TPSA) is 108 Å². The summed E-state index contributed by atoms with van der Waals surface area (Å²) in [5.74, 6) is 2.28. The first kappa shape index (κ1) is 21.7. The van der Waals surface area contributed by atoms with Crippen LogP contribution in [0, 0.1) is 0 Å². The molecule has 11 nitrogen and oxygen atoms in total. The van der Waals surface area contributed by atoms with Crippen LogP contribution in [0.4, 0.5) is 11.6 Å². The molecule has 11 heteroatoms. The largest absolute Gasteiger partial charge is 0.464 e. The minimum absolute atomic E-state index is 0.0656. The van der Waals surface area contributed by atoms with Crippen LogP contribution in [-0.2, 0) is 9.47 Å². The number of methoxy groups -OCH3 is 1. The van der Waals surface area contributed by atoms with Crippen molar-refractivity contribution in [1.82, 2.24) is 24.6 Å². The number of nitrogens with zero attached hydrogens (tertiary/aromatic N) is 6. The third-order valence-electron chi connectivity index (χ3n) is 5.95. The molecule has 5 rings (SSSR count). The highest BCUT2D eigenvalue weighted by Crippen LogP contribution is 2.29. The number of hydrogen-bond acceptors (Lipinski definition) is 10. The predicted molar refractivity (Wildman–Crippen MR) is 121 cm³/mol. The zero-order valence-electron chi connectivity index (χ0n) is 18.7. The lowest BCUT2D eigenvalue weighted by Gasteiger charge is -2.30. The normalized spacial score (nSPS) is 21.2. The summed E-state index contributed by atoms with van der Waals surface area (Å²) < 4.78 is 24.1. The fraction of sp³-hybridized carbons (Fsp3) is 0.545. The van der Waals surface area contributed by atoms with Crippen LogP contribution >= 0.6 is 0 Å². The molecule has 0 bridgehead atoms. The van der Waals surface area contributed by atoms with Crippen molar-refractivity contribution in [3.63, 3.8) is 0 Å². The highest BCUT2D eigenvalue weighted by Gasteiger charge is 2.25. The van der Waals surface area contributed by atoms with Gasteiger partial charge in [0.05, 0.1) is 13.2 Å². The van der Waals surface area contributed by atoms with Gasteiger partial charge in [-0.25, -0.2) is 9.97 Å². The van der Waals surface area contributed by atoms with Crippen LogP contribution < -0.4 is 19.7 Å². The number of ether oxygens (including phenoxy) is 4. The van der Waals surface area contributed by atoms with Crippen LogP contribution in [0.2, 0.25) is 0 Å². The summed E-state index contributed by atoms with van der Waals surface area (Å²) in [4.78, 5) is 15.8. The van der Waals surface area contributed by atoms with Crippen molar-refractivity contribution in [3.05, 3.63) is 30.7 Å². The molecule has 1 aliphatic carbocycles. The number of rotatable bonds is 8. The molecule has 0 atom stereocenters. The van der Waals surface area contributed by atoms with E-state index in [-0.39, 0.29) is 12.9 Å². The molecule has 1 saturated carbocycles. The molecule has 2 aliphatic rings. The molecule has 3 aromatic rings. The first-order chi connectivity index (χ1) is 16.3. The Bertz CT molecular complexity index is 1050. The molecule has 33 heavy (non-hydrogen) atoms. The highest BCUT2D eigenvalue weighted by atomic mass is 16.7. The zero-order valence-corrected chi connectivity index (χ0v) is 18.7. The van der Waals surface area contributed by atoms with E-state index >= 15 is 0 Å². The van der Waals surface area contributed by atoms with Gasteiger partial charge in [-0.15, -0.1) is 0 Å². The van der Waals surface area contributed by atoms with E-state index in [4.69, 9.17) is 23.9 Å². The maximum absolute atomic E-state index is 6.34. The van der Waals surface area contributed by atoms with E-state index in [2.05, 4.69) is 25.3 Å². The standard InChI is InChI=1S/C22H29N7O4/c1-30-15-32-18-3-2-8-23-21(18)26-16-4-6-17(7-5-16)33-22-27-20(28-9-11-31-12-10-28)13-19-24-14-25-29(19)22/h2-3,8,13-14,16-17H,4-7,9-12,15H2,1H3,(H,23,26). The number of morpholine rings is 1. The van der Waals surface area contributed by atoms with E-state index in [9.17, 15) is 0 Å². The first-order valence-corrected chi connectivity index (χ1v) is 11.3. The van der Waals surface area contributed by atoms with Crippen LogP contribution in [0.15, 0.2) is 30.7 Å². The van der Waals surface area contributed by atoms with Crippen LogP contribution in [0.3, 0.4) is 0 Å². The molecule has 2 fully saturated rings. The molecule has 0 spiro atoms. The number of anilines is 2. The maximum atomic E-state index is 6.34. The van der Waals surface area contributed by atoms with Crippen molar-refractivity contribution in [3.8, 4) is 11.8 Å². The summed E-state index contributed by atoms with van der Waals surface area (Å²) in [7, 11) is 1.60. The molecular weight excluding hydrogens is 426 g/mol. The fourth-order valence-corrected chi connectivity index (χ4v) is 4.23. The quantitative estimate of drug-likeness (QED) is 0.508. The molecule has 0 radical (unpaired) electrons. The molecule has 1 aliphatic heterocycles. The van der Waals surface area contributed by atoms with Crippen LogP contribution in [0.1, 0.15) is 25.7 Å². The van der Waals surface area contributed by atoms with Gasteiger partial charge in [0.15, 0.2) is 24.0 Å². The summed E-state index contributed by atoms with van der Waals surface area (Å²) in [5, 5.41) is 7.82. The van der Waals surface area contributed by atoms with Gasteiger partial charge in [-0.1, -0.05) is 0 Å². The second-order valence-corrected chi connectivity index (χ2v) is 8.16. The van der Waals surface area contributed by atoms with Gasteiger partial charge >= 0.3 is 6.01 Å². The Balaban J connectivity index is 1.22. The maximum Gasteiger partial charge on any atom is 0.321 e. The smallest absolute Gasteiger partial charge is 0.321 e. The summed E-state index contributed by atoms with van der Waals surface area (Å²) in [6.45, 7) is 3.19. The second-order valence-electron chi connectivity index (χ2n) is 8.16. The van der Waals surface area contributed by atoms with Gasteiger partial charge in [0, 0.05) is 38.5 Å². The van der Waals surface area contributed by atoms with Crippen molar-refractivity contribution in [2.45, 2.75) is 37.8 Å². The second kappa shape index (κ2) is 10.2. The minimum Gasteiger partial charge on any atom is -0.464 e. The highest BCUT2D eigenvalue weighted by molar-refractivity contribution is 5.52. The lowest BCUT2D eigenvalue weighted by Crippen LogP contribution is -2.37. The third-order valence-corrected chi connectivity index (χ3v) is 5.95. The number of fused-ring (bicyclic) bond motifs is 1. The summed E-state index contributed by atoms with van der Waals surface area (Å²) in [6, 6.07) is 6.47. The first-order valence-electron chi connectivity index (χ1n) is 11.3. The van der Waals surface area contributed by atoms with E-state index in [0.29, 0.717) is 31.0 Å². The minimum atomic E-state index is 0.0656. The summed E-state index contributed by atoms with van der Waals surface area (Å²) in [6.07, 6.45) is 7.06. The Kier molecular flexibility index (Phi) is 6.68. The van der Waals surface area contributed by atoms with E-state index in [0.717, 1.165) is 56.1 Å². The SMILES string of the molecule is COCOc1cccnc1NC1CCC(Oc2nc(N3CCOCC3)cc3ncnn23)CC1. The summed E-state index contributed by atoms with van der Waals surface area (Å²) >= 11 is 0. The van der Waals surface area contributed by atoms with Crippen molar-refractivity contribution >= 4 is 17.3 Å². The van der Waals surface area contributed by atoms with E-state index < -0.39 is 0 Å². The van der Waals surface area contributed by atoms with Crippen molar-refractivity contribution < 1.29 is 18.9 Å². The van der Waals surface area contributed by atoms with Gasteiger partial charge in [-0.2, -0.15) is 14.6 Å². The van der Waals surface area contributed by atoms with Gasteiger partial charge in [-0.05, 0) is 37.8 Å². The molecule has 1 N–H and O–H groups in total. The predicted octanol–water partition coefficient (Wildman–Crippen LogP) is 2.14. The molecule has 0 aromatic carbocycles. The molecule has 4 heterocycles. The number of nitrogens with one attached hydrogen (secondary N) is 1. The Labute approximate surface area is 192 Å². The number of hydrogen-bond donors (Lipinski definition) is 1. The fourth-order valence-electron chi connectivity index (χ4n) is 4.23.